The molecule has 0 aliphatic carbocycles. The Balaban J connectivity index is 1.60. The molecule has 152 valence electrons. The molecule has 4 nitrogen and oxygen atoms in total. The van der Waals surface area contributed by atoms with Gasteiger partial charge in [-0.1, -0.05) is 49.7 Å². The van der Waals surface area contributed by atoms with E-state index in [9.17, 15) is 0 Å². The third-order valence-corrected chi connectivity index (χ3v) is 5.83. The molecule has 2 heterocycles. The maximum atomic E-state index is 6.09. The summed E-state index contributed by atoms with van der Waals surface area (Å²) in [7, 11) is 0. The fourth-order valence-corrected chi connectivity index (χ4v) is 4.31. The standard InChI is InChI=1S/C25H32N4/c1-2-3-12-27-21-16-22(28-25(26)17-21)15-19-10-11-20(18-29-13-6-7-14-29)24-9-5-4-8-23(19)24/h4-5,8-11,16-17H,2-3,6-7,12-15,18H2,1H3,(H3,26,27,28). The third kappa shape index (κ3) is 4.88. The van der Waals surface area contributed by atoms with Crippen molar-refractivity contribution in [1.82, 2.24) is 9.88 Å². The minimum atomic E-state index is 0.580. The number of fused-ring (bicyclic) bond motifs is 1. The number of hydrogen-bond acceptors (Lipinski definition) is 4. The summed E-state index contributed by atoms with van der Waals surface area (Å²) < 4.78 is 0. The molecule has 3 aromatic rings. The van der Waals surface area contributed by atoms with E-state index < -0.39 is 0 Å². The predicted octanol–water partition coefficient (Wildman–Crippen LogP) is 5.22. The number of hydrogen-bond donors (Lipinski definition) is 2. The number of rotatable bonds is 8. The number of aromatic nitrogens is 1. The van der Waals surface area contributed by atoms with Crippen molar-refractivity contribution in [2.45, 2.75) is 45.6 Å². The van der Waals surface area contributed by atoms with E-state index >= 15 is 0 Å². The van der Waals surface area contributed by atoms with Crippen LogP contribution < -0.4 is 11.1 Å². The molecule has 0 saturated carbocycles. The topological polar surface area (TPSA) is 54.2 Å². The molecule has 0 spiro atoms. The number of benzene rings is 2. The zero-order valence-corrected chi connectivity index (χ0v) is 17.5. The van der Waals surface area contributed by atoms with Crippen LogP contribution in [0.1, 0.15) is 49.4 Å². The average Bonchev–Trinajstić information content (AvgIpc) is 3.23. The second kappa shape index (κ2) is 9.27. The number of pyridine rings is 1. The van der Waals surface area contributed by atoms with Crippen molar-refractivity contribution in [3.63, 3.8) is 0 Å². The van der Waals surface area contributed by atoms with Gasteiger partial charge in [-0.25, -0.2) is 4.98 Å². The van der Waals surface area contributed by atoms with Gasteiger partial charge in [-0.3, -0.25) is 4.90 Å². The number of nitrogen functional groups attached to an aromatic ring is 1. The van der Waals surface area contributed by atoms with Crippen LogP contribution in [0.25, 0.3) is 10.8 Å². The lowest BCUT2D eigenvalue weighted by Crippen LogP contribution is -2.18. The first-order valence-corrected chi connectivity index (χ1v) is 10.9. The number of nitrogens with two attached hydrogens (primary N) is 1. The van der Waals surface area contributed by atoms with E-state index in [1.807, 2.05) is 6.07 Å². The molecule has 1 aliphatic heterocycles. The van der Waals surface area contributed by atoms with Gasteiger partial charge in [0.15, 0.2) is 0 Å². The minimum Gasteiger partial charge on any atom is -0.385 e. The maximum Gasteiger partial charge on any atom is 0.125 e. The van der Waals surface area contributed by atoms with Gasteiger partial charge >= 0.3 is 0 Å². The van der Waals surface area contributed by atoms with Crippen LogP contribution in [0.5, 0.6) is 0 Å². The summed E-state index contributed by atoms with van der Waals surface area (Å²) >= 11 is 0. The Morgan fingerprint density at radius 3 is 2.48 bits per heavy atom. The Morgan fingerprint density at radius 1 is 1.00 bits per heavy atom. The molecule has 1 saturated heterocycles. The number of nitrogens with one attached hydrogen (secondary N) is 1. The van der Waals surface area contributed by atoms with Gasteiger partial charge in [0.1, 0.15) is 5.82 Å². The number of anilines is 2. The highest BCUT2D eigenvalue weighted by atomic mass is 15.1. The highest BCUT2D eigenvalue weighted by molar-refractivity contribution is 5.89. The molecule has 3 N–H and O–H groups in total. The first-order valence-electron chi connectivity index (χ1n) is 10.9. The van der Waals surface area contributed by atoms with E-state index in [2.05, 4.69) is 64.6 Å². The molecular formula is C25H32N4. The quantitative estimate of drug-likeness (QED) is 0.520. The van der Waals surface area contributed by atoms with E-state index in [4.69, 9.17) is 5.73 Å². The van der Waals surface area contributed by atoms with Crippen LogP contribution in [0.2, 0.25) is 0 Å². The number of unbranched alkanes of at least 4 members (excludes halogenated alkanes) is 1. The summed E-state index contributed by atoms with van der Waals surface area (Å²) in [6.07, 6.45) is 5.77. The van der Waals surface area contributed by atoms with Gasteiger partial charge in [0.25, 0.3) is 0 Å². The zero-order chi connectivity index (χ0) is 20.1. The second-order valence-corrected chi connectivity index (χ2v) is 8.14. The molecule has 1 aliphatic rings. The van der Waals surface area contributed by atoms with Gasteiger partial charge in [0, 0.05) is 37.0 Å². The van der Waals surface area contributed by atoms with Gasteiger partial charge < -0.3 is 11.1 Å². The summed E-state index contributed by atoms with van der Waals surface area (Å²) in [5.74, 6) is 0.580. The van der Waals surface area contributed by atoms with Crippen LogP contribution in [0.3, 0.4) is 0 Å². The summed E-state index contributed by atoms with van der Waals surface area (Å²) in [5, 5.41) is 6.16. The SMILES string of the molecule is CCCCNc1cc(N)nc(Cc2ccc(CN3CCCC3)c3ccccc23)c1. The minimum absolute atomic E-state index is 0.580. The van der Waals surface area contributed by atoms with Crippen LogP contribution in [0.4, 0.5) is 11.5 Å². The molecule has 1 fully saturated rings. The lowest BCUT2D eigenvalue weighted by molar-refractivity contribution is 0.332. The molecule has 0 radical (unpaired) electrons. The summed E-state index contributed by atoms with van der Waals surface area (Å²) in [5.41, 5.74) is 10.9. The summed E-state index contributed by atoms with van der Waals surface area (Å²) in [6, 6.07) is 17.4. The van der Waals surface area contributed by atoms with Crippen LogP contribution >= 0.6 is 0 Å². The van der Waals surface area contributed by atoms with Crippen molar-refractivity contribution >= 4 is 22.3 Å². The predicted molar refractivity (Wildman–Crippen MR) is 123 cm³/mol. The largest absolute Gasteiger partial charge is 0.385 e. The molecule has 2 aromatic carbocycles. The first-order chi connectivity index (χ1) is 14.2. The lowest BCUT2D eigenvalue weighted by Gasteiger charge is -2.18. The van der Waals surface area contributed by atoms with Crippen molar-refractivity contribution in [3.05, 3.63) is 65.4 Å². The Hall–Kier alpha value is -2.59. The van der Waals surface area contributed by atoms with Gasteiger partial charge in [-0.05, 0) is 60.3 Å². The van der Waals surface area contributed by atoms with Crippen LogP contribution in [-0.2, 0) is 13.0 Å². The van der Waals surface area contributed by atoms with Gasteiger partial charge in [-0.2, -0.15) is 0 Å². The van der Waals surface area contributed by atoms with Gasteiger partial charge in [-0.15, -0.1) is 0 Å². The van der Waals surface area contributed by atoms with Crippen LogP contribution in [-0.4, -0.2) is 29.5 Å². The fraction of sp³-hybridized carbons (Fsp3) is 0.400. The maximum absolute atomic E-state index is 6.09. The molecule has 4 rings (SSSR count). The van der Waals surface area contributed by atoms with E-state index in [-0.39, 0.29) is 0 Å². The molecule has 0 unspecified atom stereocenters. The van der Waals surface area contributed by atoms with E-state index in [0.29, 0.717) is 5.82 Å². The fourth-order valence-electron chi connectivity index (χ4n) is 4.31. The van der Waals surface area contributed by atoms with E-state index in [1.54, 1.807) is 0 Å². The van der Waals surface area contributed by atoms with Crippen LogP contribution in [0, 0.1) is 0 Å². The van der Waals surface area contributed by atoms with Crippen molar-refractivity contribution in [2.75, 3.05) is 30.7 Å². The normalized spacial score (nSPS) is 14.5. The van der Waals surface area contributed by atoms with Gasteiger partial charge in [0.2, 0.25) is 0 Å². The summed E-state index contributed by atoms with van der Waals surface area (Å²) in [4.78, 5) is 7.16. The Labute approximate surface area is 174 Å². The molecule has 1 aromatic heterocycles. The first kappa shape index (κ1) is 19.7. The summed E-state index contributed by atoms with van der Waals surface area (Å²) in [6.45, 7) is 6.65. The van der Waals surface area contributed by atoms with E-state index in [1.165, 1.54) is 54.3 Å². The lowest BCUT2D eigenvalue weighted by atomic mass is 9.96. The Kier molecular flexibility index (Phi) is 6.30. The third-order valence-electron chi connectivity index (χ3n) is 5.83. The Morgan fingerprint density at radius 2 is 1.72 bits per heavy atom. The van der Waals surface area contributed by atoms with Crippen molar-refractivity contribution in [2.24, 2.45) is 0 Å². The molecular weight excluding hydrogens is 356 g/mol. The van der Waals surface area contributed by atoms with E-state index in [0.717, 1.165) is 37.3 Å². The second-order valence-electron chi connectivity index (χ2n) is 8.14. The molecule has 0 atom stereocenters. The Bertz CT molecular complexity index is 960. The number of likely N-dealkylation sites (tertiary alicyclic amines) is 1. The smallest absolute Gasteiger partial charge is 0.125 e. The molecule has 0 amide bonds. The van der Waals surface area contributed by atoms with Crippen molar-refractivity contribution in [3.8, 4) is 0 Å². The zero-order valence-electron chi connectivity index (χ0n) is 17.5. The molecule has 29 heavy (non-hydrogen) atoms. The molecule has 4 heteroatoms. The highest BCUT2D eigenvalue weighted by Crippen LogP contribution is 2.27. The molecule has 0 bridgehead atoms. The van der Waals surface area contributed by atoms with Gasteiger partial charge in [0.05, 0.1) is 0 Å². The highest BCUT2D eigenvalue weighted by Gasteiger charge is 2.14. The average molecular weight is 389 g/mol. The van der Waals surface area contributed by atoms with Crippen molar-refractivity contribution in [1.29, 1.82) is 0 Å². The number of nitrogens with zero attached hydrogens (tertiary/aromatic N) is 2. The monoisotopic (exact) mass is 388 g/mol. The van der Waals surface area contributed by atoms with Crippen LogP contribution in [0.15, 0.2) is 48.5 Å². The van der Waals surface area contributed by atoms with Crippen molar-refractivity contribution < 1.29 is 0 Å².